The summed E-state index contributed by atoms with van der Waals surface area (Å²) in [4.78, 5) is 40.2. The number of thiazole rings is 1. The minimum atomic E-state index is -0.677. The van der Waals surface area contributed by atoms with Gasteiger partial charge in [-0.15, -0.1) is 22.7 Å². The third-order valence-corrected chi connectivity index (χ3v) is 5.39. The van der Waals surface area contributed by atoms with Gasteiger partial charge in [-0.1, -0.05) is 6.07 Å². The lowest BCUT2D eigenvalue weighted by Crippen LogP contribution is -2.33. The zero-order chi connectivity index (χ0) is 19.9. The van der Waals surface area contributed by atoms with E-state index in [0.29, 0.717) is 10.6 Å². The fourth-order valence-electron chi connectivity index (χ4n) is 2.23. The molecule has 0 unspecified atom stereocenters. The van der Waals surface area contributed by atoms with Gasteiger partial charge >= 0.3 is 5.97 Å². The molecule has 2 amide bonds. The molecule has 0 saturated heterocycles. The van der Waals surface area contributed by atoms with Crippen LogP contribution in [0.2, 0.25) is 0 Å². The van der Waals surface area contributed by atoms with E-state index in [1.54, 1.807) is 30.0 Å². The van der Waals surface area contributed by atoms with E-state index in [9.17, 15) is 14.4 Å². The molecule has 1 N–H and O–H groups in total. The Labute approximate surface area is 168 Å². The number of esters is 1. The number of benzene rings is 1. The highest BCUT2D eigenvalue weighted by atomic mass is 32.1. The van der Waals surface area contributed by atoms with E-state index in [1.165, 1.54) is 22.7 Å². The Balaban J connectivity index is 1.47. The van der Waals surface area contributed by atoms with E-state index in [0.717, 1.165) is 16.3 Å². The normalized spacial score (nSPS) is 10.3. The monoisotopic (exact) mass is 416 g/mol. The summed E-state index contributed by atoms with van der Waals surface area (Å²) in [5.41, 5.74) is 1.47. The van der Waals surface area contributed by atoms with Crippen LogP contribution >= 0.6 is 22.7 Å². The van der Waals surface area contributed by atoms with Crippen molar-refractivity contribution in [2.75, 3.05) is 13.7 Å². The lowest BCUT2D eigenvalue weighted by Gasteiger charge is -2.04. The Morgan fingerprint density at radius 1 is 1.11 bits per heavy atom. The molecule has 1 aromatic carbocycles. The van der Waals surface area contributed by atoms with Crippen molar-refractivity contribution in [3.63, 3.8) is 0 Å². The van der Waals surface area contributed by atoms with E-state index >= 15 is 0 Å². The number of ether oxygens (including phenoxy) is 2. The number of carbonyl (C=O) groups excluding carboxylic acids is 3. The Morgan fingerprint density at radius 2 is 1.89 bits per heavy atom. The Bertz CT molecular complexity index is 965. The Hall–Kier alpha value is -3.04. The fraction of sp³-hybridized carbons (Fsp3) is 0.158. The maximum atomic E-state index is 11.9. The van der Waals surface area contributed by atoms with Crippen molar-refractivity contribution in [1.82, 2.24) is 10.3 Å². The summed E-state index contributed by atoms with van der Waals surface area (Å²) in [5, 5.41) is 6.43. The minimum Gasteiger partial charge on any atom is -0.497 e. The van der Waals surface area contributed by atoms with Crippen LogP contribution in [0.15, 0.2) is 47.2 Å². The van der Waals surface area contributed by atoms with Gasteiger partial charge in [-0.3, -0.25) is 19.7 Å². The SMILES string of the molecule is COc1ccc(-c2nc(CC(=O)OCC(=O)NC(=O)c3cccs3)cs2)cc1. The molecule has 0 bridgehead atoms. The molecule has 7 nitrogen and oxygen atoms in total. The zero-order valence-electron chi connectivity index (χ0n) is 14.8. The van der Waals surface area contributed by atoms with E-state index in [2.05, 4.69) is 10.3 Å². The maximum Gasteiger partial charge on any atom is 0.312 e. The number of aromatic nitrogens is 1. The predicted molar refractivity (Wildman–Crippen MR) is 106 cm³/mol. The third kappa shape index (κ3) is 5.24. The summed E-state index contributed by atoms with van der Waals surface area (Å²) in [6, 6.07) is 10.7. The molecule has 2 aromatic heterocycles. The summed E-state index contributed by atoms with van der Waals surface area (Å²) in [7, 11) is 1.60. The summed E-state index contributed by atoms with van der Waals surface area (Å²) in [6.07, 6.45) is -0.0567. The minimum absolute atomic E-state index is 0.0567. The highest BCUT2D eigenvalue weighted by molar-refractivity contribution is 7.13. The van der Waals surface area contributed by atoms with Crippen LogP contribution in [0.5, 0.6) is 5.75 Å². The topological polar surface area (TPSA) is 94.6 Å². The number of methoxy groups -OCH3 is 1. The molecule has 3 rings (SSSR count). The predicted octanol–water partition coefficient (Wildman–Crippen LogP) is 2.92. The van der Waals surface area contributed by atoms with Gasteiger partial charge in [0, 0.05) is 10.9 Å². The number of nitrogens with one attached hydrogen (secondary N) is 1. The molecular weight excluding hydrogens is 400 g/mol. The van der Waals surface area contributed by atoms with Gasteiger partial charge in [-0.25, -0.2) is 4.98 Å². The van der Waals surface area contributed by atoms with Gasteiger partial charge in [0.25, 0.3) is 11.8 Å². The summed E-state index contributed by atoms with van der Waals surface area (Å²) < 4.78 is 10.0. The first-order valence-corrected chi connectivity index (χ1v) is 9.93. The number of carbonyl (C=O) groups is 3. The lowest BCUT2D eigenvalue weighted by molar-refractivity contribution is -0.147. The second-order valence-corrected chi connectivity index (χ2v) is 7.37. The van der Waals surface area contributed by atoms with Gasteiger partial charge in [-0.05, 0) is 35.7 Å². The summed E-state index contributed by atoms with van der Waals surface area (Å²) >= 11 is 2.62. The van der Waals surface area contributed by atoms with E-state index in [1.807, 2.05) is 24.3 Å². The molecule has 0 spiro atoms. The van der Waals surface area contributed by atoms with Gasteiger partial charge in [0.2, 0.25) is 0 Å². The standard InChI is InChI=1S/C19H16N2O5S2/c1-25-14-6-4-12(5-7-14)19-20-13(11-28-19)9-17(23)26-10-16(22)21-18(24)15-3-2-8-27-15/h2-8,11H,9-10H2,1H3,(H,21,22,24). The summed E-state index contributed by atoms with van der Waals surface area (Å²) in [5.74, 6) is -1.03. The van der Waals surface area contributed by atoms with Crippen LogP contribution in [-0.4, -0.2) is 36.5 Å². The molecule has 9 heteroatoms. The Kier molecular flexibility index (Phi) is 6.51. The highest BCUT2D eigenvalue weighted by Gasteiger charge is 2.15. The highest BCUT2D eigenvalue weighted by Crippen LogP contribution is 2.25. The Morgan fingerprint density at radius 3 is 2.57 bits per heavy atom. The molecule has 0 aliphatic carbocycles. The van der Waals surface area contributed by atoms with Crippen molar-refractivity contribution in [2.24, 2.45) is 0 Å². The maximum absolute atomic E-state index is 11.9. The number of imide groups is 1. The molecule has 0 fully saturated rings. The zero-order valence-corrected chi connectivity index (χ0v) is 16.5. The van der Waals surface area contributed by atoms with Gasteiger partial charge in [0.1, 0.15) is 10.8 Å². The molecule has 2 heterocycles. The van der Waals surface area contributed by atoms with Crippen molar-refractivity contribution in [1.29, 1.82) is 0 Å². The third-order valence-electron chi connectivity index (χ3n) is 3.58. The van der Waals surface area contributed by atoms with Crippen LogP contribution in [0.3, 0.4) is 0 Å². The number of hydrogen-bond acceptors (Lipinski definition) is 8. The second-order valence-electron chi connectivity index (χ2n) is 5.56. The van der Waals surface area contributed by atoms with Crippen molar-refractivity contribution in [2.45, 2.75) is 6.42 Å². The van der Waals surface area contributed by atoms with Crippen LogP contribution in [0.4, 0.5) is 0 Å². The van der Waals surface area contributed by atoms with Crippen LogP contribution in [-0.2, 0) is 20.7 Å². The van der Waals surface area contributed by atoms with Crippen LogP contribution in [0.25, 0.3) is 10.6 Å². The van der Waals surface area contributed by atoms with Crippen molar-refractivity contribution < 1.29 is 23.9 Å². The van der Waals surface area contributed by atoms with Crippen molar-refractivity contribution in [3.05, 3.63) is 57.7 Å². The van der Waals surface area contributed by atoms with E-state index in [-0.39, 0.29) is 6.42 Å². The average molecular weight is 416 g/mol. The number of hydrogen-bond donors (Lipinski definition) is 1. The first-order chi connectivity index (χ1) is 13.5. The first kappa shape index (κ1) is 19.7. The van der Waals surface area contributed by atoms with Crippen molar-refractivity contribution in [3.8, 4) is 16.3 Å². The van der Waals surface area contributed by atoms with Crippen LogP contribution in [0.1, 0.15) is 15.4 Å². The molecule has 0 aliphatic heterocycles. The lowest BCUT2D eigenvalue weighted by atomic mass is 10.2. The number of nitrogens with zero attached hydrogens (tertiary/aromatic N) is 1. The molecular formula is C19H16N2O5S2. The largest absolute Gasteiger partial charge is 0.497 e. The van der Waals surface area contributed by atoms with Gasteiger partial charge in [0.05, 0.1) is 24.1 Å². The van der Waals surface area contributed by atoms with Crippen LogP contribution < -0.4 is 10.1 Å². The average Bonchev–Trinajstić information content (AvgIpc) is 3.39. The molecule has 0 saturated carbocycles. The van der Waals surface area contributed by atoms with E-state index in [4.69, 9.17) is 9.47 Å². The molecule has 0 radical (unpaired) electrons. The number of thiophene rings is 1. The number of amides is 2. The molecule has 144 valence electrons. The summed E-state index contributed by atoms with van der Waals surface area (Å²) in [6.45, 7) is -0.522. The molecule has 0 aliphatic rings. The molecule has 28 heavy (non-hydrogen) atoms. The smallest absolute Gasteiger partial charge is 0.312 e. The van der Waals surface area contributed by atoms with Gasteiger partial charge < -0.3 is 9.47 Å². The quantitative estimate of drug-likeness (QED) is 0.595. The van der Waals surface area contributed by atoms with Gasteiger partial charge in [0.15, 0.2) is 6.61 Å². The van der Waals surface area contributed by atoms with E-state index < -0.39 is 24.4 Å². The molecule has 3 aromatic rings. The second kappa shape index (κ2) is 9.25. The number of rotatable bonds is 7. The fourth-order valence-corrected chi connectivity index (χ4v) is 3.68. The van der Waals surface area contributed by atoms with Gasteiger partial charge in [-0.2, -0.15) is 0 Å². The van der Waals surface area contributed by atoms with Crippen LogP contribution in [0, 0.1) is 0 Å². The van der Waals surface area contributed by atoms with Crippen molar-refractivity contribution >= 4 is 40.5 Å². The molecule has 0 atom stereocenters. The first-order valence-electron chi connectivity index (χ1n) is 8.17.